The average molecular weight is 251 g/mol. The normalized spacial score (nSPS) is 32.9. The summed E-state index contributed by atoms with van der Waals surface area (Å²) in [5.74, 6) is 0.767. The van der Waals surface area contributed by atoms with Gasteiger partial charge in [-0.15, -0.1) is 11.8 Å². The molecule has 3 rings (SSSR count). The number of rotatable bonds is 1. The van der Waals surface area contributed by atoms with Gasteiger partial charge in [0, 0.05) is 31.0 Å². The Balaban J connectivity index is 2.09. The van der Waals surface area contributed by atoms with Crippen LogP contribution in [0.1, 0.15) is 32.1 Å². The lowest BCUT2D eigenvalue weighted by atomic mass is 9.84. The molecule has 0 N–H and O–H groups in total. The van der Waals surface area contributed by atoms with Crippen molar-refractivity contribution in [1.82, 2.24) is 4.90 Å². The second kappa shape index (κ2) is 4.16. The minimum atomic E-state index is 0.0211. The molecule has 17 heavy (non-hydrogen) atoms. The van der Waals surface area contributed by atoms with Gasteiger partial charge < -0.3 is 4.90 Å². The van der Waals surface area contributed by atoms with Crippen molar-refractivity contribution in [3.8, 4) is 0 Å². The Kier molecular flexibility index (Phi) is 2.77. The van der Waals surface area contributed by atoms with Gasteiger partial charge in [0.2, 0.25) is 5.91 Å². The van der Waals surface area contributed by atoms with Gasteiger partial charge in [0.25, 0.3) is 0 Å². The van der Waals surface area contributed by atoms with Crippen LogP contribution in [0.5, 0.6) is 0 Å². The summed E-state index contributed by atoms with van der Waals surface area (Å²) in [4.78, 5) is 26.1. The molecule has 4 heteroatoms. The minimum Gasteiger partial charge on any atom is -0.316 e. The molecule has 0 spiro atoms. The molecular formula is C13H17NO2S. The van der Waals surface area contributed by atoms with Gasteiger partial charge >= 0.3 is 0 Å². The highest BCUT2D eigenvalue weighted by atomic mass is 32.2. The number of amides is 1. The van der Waals surface area contributed by atoms with Gasteiger partial charge in [-0.05, 0) is 31.1 Å². The van der Waals surface area contributed by atoms with Crippen LogP contribution in [0, 0.1) is 5.92 Å². The maximum Gasteiger partial charge on any atom is 0.227 e. The molecule has 2 aliphatic heterocycles. The van der Waals surface area contributed by atoms with Crippen LogP contribution in [0.25, 0.3) is 0 Å². The molecule has 0 radical (unpaired) electrons. The Morgan fingerprint density at radius 2 is 2.06 bits per heavy atom. The zero-order valence-electron chi connectivity index (χ0n) is 10.1. The second-order valence-corrected chi connectivity index (χ2v) is 6.04. The van der Waals surface area contributed by atoms with Gasteiger partial charge in [-0.1, -0.05) is 0 Å². The molecule has 2 heterocycles. The molecule has 1 amide bonds. The van der Waals surface area contributed by atoms with Crippen LogP contribution in [0.3, 0.4) is 0 Å². The molecule has 0 aromatic carbocycles. The van der Waals surface area contributed by atoms with Crippen molar-refractivity contribution in [3.05, 3.63) is 11.3 Å². The molecule has 1 saturated heterocycles. The Morgan fingerprint density at radius 3 is 2.82 bits per heavy atom. The van der Waals surface area contributed by atoms with Crippen molar-refractivity contribution in [2.24, 2.45) is 5.92 Å². The van der Waals surface area contributed by atoms with Crippen molar-refractivity contribution in [2.75, 3.05) is 12.8 Å². The van der Waals surface area contributed by atoms with Crippen LogP contribution in [0.2, 0.25) is 0 Å². The van der Waals surface area contributed by atoms with E-state index in [4.69, 9.17) is 0 Å². The summed E-state index contributed by atoms with van der Waals surface area (Å²) in [6.07, 6.45) is 6.33. The summed E-state index contributed by atoms with van der Waals surface area (Å²) >= 11 is 1.64. The molecule has 3 nitrogen and oxygen atoms in total. The first kappa shape index (κ1) is 11.3. The molecule has 0 saturated carbocycles. The molecule has 1 aliphatic carbocycles. The van der Waals surface area contributed by atoms with Crippen molar-refractivity contribution >= 4 is 23.5 Å². The number of hydrogen-bond acceptors (Lipinski definition) is 3. The molecule has 1 fully saturated rings. The van der Waals surface area contributed by atoms with Crippen LogP contribution < -0.4 is 0 Å². The Labute approximate surface area is 106 Å². The quantitative estimate of drug-likeness (QED) is 0.715. The summed E-state index contributed by atoms with van der Waals surface area (Å²) in [6.45, 7) is 0.865. The van der Waals surface area contributed by atoms with Crippen LogP contribution in [0.4, 0.5) is 0 Å². The van der Waals surface area contributed by atoms with E-state index in [0.29, 0.717) is 18.6 Å². The van der Waals surface area contributed by atoms with Crippen LogP contribution >= 0.6 is 11.8 Å². The highest BCUT2D eigenvalue weighted by molar-refractivity contribution is 8.00. The van der Waals surface area contributed by atoms with E-state index >= 15 is 0 Å². The lowest BCUT2D eigenvalue weighted by Crippen LogP contribution is -2.32. The smallest absolute Gasteiger partial charge is 0.227 e. The van der Waals surface area contributed by atoms with Gasteiger partial charge in [-0.2, -0.15) is 0 Å². The SMILES string of the molecule is CS[C@@H]1C(=O)C[C@H]2CC(=O)N3CCCCC1=C23. The maximum absolute atomic E-state index is 12.1. The first-order valence-corrected chi connectivity index (χ1v) is 7.60. The zero-order chi connectivity index (χ0) is 12.0. The van der Waals surface area contributed by atoms with E-state index in [1.807, 2.05) is 11.2 Å². The summed E-state index contributed by atoms with van der Waals surface area (Å²) in [5, 5.41) is 0.0211. The molecule has 0 unspecified atom stereocenters. The fraction of sp³-hybridized carbons (Fsp3) is 0.692. The standard InChI is InChI=1S/C13H17NO2S/c1-17-13-9-4-2-3-5-14-11(16)7-8(12(9)14)6-10(13)15/h8,13H,2-7H2,1H3/t8-,13-/m0/s1. The van der Waals surface area contributed by atoms with Gasteiger partial charge in [0.05, 0.1) is 5.25 Å². The zero-order valence-corrected chi connectivity index (χ0v) is 10.9. The third-order valence-corrected chi connectivity index (χ3v) is 5.12. The topological polar surface area (TPSA) is 37.4 Å². The van der Waals surface area contributed by atoms with Crippen LogP contribution in [0.15, 0.2) is 11.3 Å². The molecule has 0 aromatic rings. The number of thioether (sulfide) groups is 1. The lowest BCUT2D eigenvalue weighted by molar-refractivity contribution is -0.126. The van der Waals surface area contributed by atoms with Gasteiger partial charge in [-0.3, -0.25) is 9.59 Å². The molecule has 0 aromatic heterocycles. The molecule has 3 aliphatic rings. The van der Waals surface area contributed by atoms with Crippen LogP contribution in [-0.4, -0.2) is 34.6 Å². The average Bonchev–Trinajstić information content (AvgIpc) is 2.50. The third-order valence-electron chi connectivity index (χ3n) is 4.10. The van der Waals surface area contributed by atoms with Gasteiger partial charge in [0.1, 0.15) is 0 Å². The lowest BCUT2D eigenvalue weighted by Gasteiger charge is -2.30. The predicted molar refractivity (Wildman–Crippen MR) is 67.6 cm³/mol. The van der Waals surface area contributed by atoms with E-state index in [1.54, 1.807) is 11.8 Å². The summed E-state index contributed by atoms with van der Waals surface area (Å²) in [7, 11) is 0. The minimum absolute atomic E-state index is 0.0211. The van der Waals surface area contributed by atoms with Gasteiger partial charge in [-0.25, -0.2) is 0 Å². The summed E-state index contributed by atoms with van der Waals surface area (Å²) in [5.41, 5.74) is 2.49. The number of carbonyl (C=O) groups is 2. The predicted octanol–water partition coefficient (Wildman–Crippen LogP) is 1.98. The summed E-state index contributed by atoms with van der Waals surface area (Å²) < 4.78 is 0. The fourth-order valence-corrected chi connectivity index (χ4v) is 4.30. The first-order valence-electron chi connectivity index (χ1n) is 6.31. The highest BCUT2D eigenvalue weighted by Gasteiger charge is 2.44. The van der Waals surface area contributed by atoms with E-state index in [2.05, 4.69) is 0 Å². The molecule has 92 valence electrons. The monoisotopic (exact) mass is 251 g/mol. The third kappa shape index (κ3) is 1.65. The number of allylic oxidation sites excluding steroid dienone is 1. The first-order chi connectivity index (χ1) is 8.22. The molecular weight excluding hydrogens is 234 g/mol. The van der Waals surface area contributed by atoms with E-state index in [-0.39, 0.29) is 17.1 Å². The maximum atomic E-state index is 12.1. The van der Waals surface area contributed by atoms with Crippen molar-refractivity contribution in [2.45, 2.75) is 37.4 Å². The number of Topliss-reactive ketones (excluding diaryl/α,β-unsaturated/α-hetero) is 1. The Hall–Kier alpha value is -0.770. The number of nitrogens with zero attached hydrogens (tertiary/aromatic N) is 1. The number of ketones is 1. The van der Waals surface area contributed by atoms with Crippen molar-refractivity contribution in [1.29, 1.82) is 0 Å². The Morgan fingerprint density at radius 1 is 1.24 bits per heavy atom. The summed E-state index contributed by atoms with van der Waals surface area (Å²) in [6, 6.07) is 0. The molecule has 0 bridgehead atoms. The van der Waals surface area contributed by atoms with E-state index in [0.717, 1.165) is 25.8 Å². The van der Waals surface area contributed by atoms with E-state index in [1.165, 1.54) is 11.3 Å². The van der Waals surface area contributed by atoms with Crippen LogP contribution in [-0.2, 0) is 9.59 Å². The van der Waals surface area contributed by atoms with Gasteiger partial charge in [0.15, 0.2) is 5.78 Å². The van der Waals surface area contributed by atoms with E-state index in [9.17, 15) is 9.59 Å². The fourth-order valence-electron chi connectivity index (χ4n) is 3.42. The number of carbonyl (C=O) groups excluding carboxylic acids is 2. The van der Waals surface area contributed by atoms with Crippen molar-refractivity contribution < 1.29 is 9.59 Å². The highest BCUT2D eigenvalue weighted by Crippen LogP contribution is 2.44. The van der Waals surface area contributed by atoms with Crippen molar-refractivity contribution in [3.63, 3.8) is 0 Å². The number of hydrogen-bond donors (Lipinski definition) is 0. The molecule has 2 atom stereocenters. The van der Waals surface area contributed by atoms with E-state index < -0.39 is 0 Å². The second-order valence-electron chi connectivity index (χ2n) is 5.10. The Bertz CT molecular complexity index is 416. The largest absolute Gasteiger partial charge is 0.316 e.